The van der Waals surface area contributed by atoms with Crippen molar-refractivity contribution in [2.24, 2.45) is 0 Å². The lowest BCUT2D eigenvalue weighted by Gasteiger charge is -2.16. The number of sulfone groups is 1. The minimum absolute atomic E-state index is 0.120. The molecule has 0 aliphatic heterocycles. The normalized spacial score (nSPS) is 12.5. The molecule has 2 aromatic carbocycles. The Kier molecular flexibility index (Phi) is 5.74. The molecule has 2 aromatic rings. The quantitative estimate of drug-likeness (QED) is 0.846. The van der Waals surface area contributed by atoms with Gasteiger partial charge in [0.1, 0.15) is 5.75 Å². The molecule has 0 bridgehead atoms. The summed E-state index contributed by atoms with van der Waals surface area (Å²) in [4.78, 5) is 12.3. The van der Waals surface area contributed by atoms with Crippen LogP contribution in [0.25, 0.3) is 0 Å². The predicted octanol–water partition coefficient (Wildman–Crippen LogP) is 3.80. The van der Waals surface area contributed by atoms with Gasteiger partial charge in [0.05, 0.1) is 9.92 Å². The van der Waals surface area contributed by atoms with Gasteiger partial charge in [0.15, 0.2) is 15.9 Å². The smallest absolute Gasteiger partial charge is 0.265 e. The minimum atomic E-state index is -3.35. The van der Waals surface area contributed by atoms with Crippen molar-refractivity contribution in [3.8, 4) is 5.75 Å². The van der Waals surface area contributed by atoms with Crippen LogP contribution in [0.5, 0.6) is 5.75 Å². The highest BCUT2D eigenvalue weighted by atomic mass is 35.5. The second kappa shape index (κ2) is 7.42. The third-order valence-electron chi connectivity index (χ3n) is 3.10. The molecule has 1 amide bonds. The maximum absolute atomic E-state index is 12.2. The fraction of sp³-hybridized carbons (Fsp3) is 0.188. The summed E-state index contributed by atoms with van der Waals surface area (Å²) >= 11 is 11.8. The molecule has 2 rings (SSSR count). The van der Waals surface area contributed by atoms with E-state index in [9.17, 15) is 13.2 Å². The van der Waals surface area contributed by atoms with Gasteiger partial charge < -0.3 is 10.1 Å². The molecular weight excluding hydrogens is 373 g/mol. The van der Waals surface area contributed by atoms with Crippen LogP contribution in [0.3, 0.4) is 0 Å². The zero-order valence-corrected chi connectivity index (χ0v) is 15.2. The number of halogens is 2. The average Bonchev–Trinajstić information content (AvgIpc) is 2.49. The first-order valence-electron chi connectivity index (χ1n) is 6.89. The Labute approximate surface area is 150 Å². The van der Waals surface area contributed by atoms with Gasteiger partial charge in [-0.2, -0.15) is 0 Å². The molecule has 0 saturated heterocycles. The van der Waals surface area contributed by atoms with E-state index in [1.165, 1.54) is 18.2 Å². The summed E-state index contributed by atoms with van der Waals surface area (Å²) in [5, 5.41) is 3.36. The zero-order chi connectivity index (χ0) is 17.9. The molecule has 0 spiro atoms. The Morgan fingerprint density at radius 3 is 2.50 bits per heavy atom. The topological polar surface area (TPSA) is 72.5 Å². The molecule has 0 fully saturated rings. The fourth-order valence-electron chi connectivity index (χ4n) is 1.86. The van der Waals surface area contributed by atoms with Crippen molar-refractivity contribution in [3.05, 3.63) is 52.5 Å². The SMILES string of the molecule is CC(Oc1ccc(Cl)cc1Cl)C(=O)Nc1cccc(S(C)(=O)=O)c1. The number of nitrogens with one attached hydrogen (secondary N) is 1. The third-order valence-corrected chi connectivity index (χ3v) is 4.74. The van der Waals surface area contributed by atoms with Gasteiger partial charge >= 0.3 is 0 Å². The van der Waals surface area contributed by atoms with Gasteiger partial charge in [-0.15, -0.1) is 0 Å². The highest BCUT2D eigenvalue weighted by Gasteiger charge is 2.17. The summed E-state index contributed by atoms with van der Waals surface area (Å²) in [6, 6.07) is 10.7. The van der Waals surface area contributed by atoms with Gasteiger partial charge in [-0.05, 0) is 43.3 Å². The lowest BCUT2D eigenvalue weighted by atomic mass is 10.3. The molecule has 1 N–H and O–H groups in total. The number of hydrogen-bond donors (Lipinski definition) is 1. The monoisotopic (exact) mass is 387 g/mol. The Balaban J connectivity index is 2.09. The number of ether oxygens (including phenoxy) is 1. The van der Waals surface area contributed by atoms with Crippen LogP contribution < -0.4 is 10.1 Å². The van der Waals surface area contributed by atoms with Gasteiger partial charge in [-0.1, -0.05) is 29.3 Å². The van der Waals surface area contributed by atoms with Crippen LogP contribution in [-0.2, 0) is 14.6 Å². The summed E-state index contributed by atoms with van der Waals surface area (Å²) < 4.78 is 28.6. The first kappa shape index (κ1) is 18.6. The number of carbonyl (C=O) groups is 1. The van der Waals surface area contributed by atoms with E-state index >= 15 is 0 Å². The van der Waals surface area contributed by atoms with Crippen molar-refractivity contribution in [1.82, 2.24) is 0 Å². The van der Waals surface area contributed by atoms with E-state index < -0.39 is 21.8 Å². The molecular formula is C16H15Cl2NO4S. The Morgan fingerprint density at radius 1 is 1.17 bits per heavy atom. The van der Waals surface area contributed by atoms with Crippen LogP contribution in [0.2, 0.25) is 10.0 Å². The van der Waals surface area contributed by atoms with Crippen LogP contribution in [0.15, 0.2) is 47.4 Å². The van der Waals surface area contributed by atoms with Gasteiger partial charge in [0, 0.05) is 17.0 Å². The van der Waals surface area contributed by atoms with E-state index in [4.69, 9.17) is 27.9 Å². The number of anilines is 1. The first-order valence-corrected chi connectivity index (χ1v) is 9.54. The molecule has 0 saturated carbocycles. The van der Waals surface area contributed by atoms with E-state index in [-0.39, 0.29) is 4.90 Å². The molecule has 128 valence electrons. The van der Waals surface area contributed by atoms with Crippen LogP contribution in [0, 0.1) is 0 Å². The number of amides is 1. The number of rotatable bonds is 5. The van der Waals surface area contributed by atoms with Crippen molar-refractivity contribution < 1.29 is 17.9 Å². The van der Waals surface area contributed by atoms with Crippen molar-refractivity contribution in [2.45, 2.75) is 17.9 Å². The number of carbonyl (C=O) groups excluding carboxylic acids is 1. The highest BCUT2D eigenvalue weighted by Crippen LogP contribution is 2.28. The molecule has 8 heteroatoms. The number of benzene rings is 2. The van der Waals surface area contributed by atoms with Crippen molar-refractivity contribution in [2.75, 3.05) is 11.6 Å². The Bertz CT molecular complexity index is 868. The largest absolute Gasteiger partial charge is 0.479 e. The lowest BCUT2D eigenvalue weighted by molar-refractivity contribution is -0.122. The third kappa shape index (κ3) is 4.87. The van der Waals surface area contributed by atoms with Gasteiger partial charge in [0.2, 0.25) is 0 Å². The van der Waals surface area contributed by atoms with Crippen LogP contribution >= 0.6 is 23.2 Å². The molecule has 1 unspecified atom stereocenters. The molecule has 0 radical (unpaired) electrons. The summed E-state index contributed by atoms with van der Waals surface area (Å²) in [5.41, 5.74) is 0.362. The molecule has 5 nitrogen and oxygen atoms in total. The molecule has 1 atom stereocenters. The van der Waals surface area contributed by atoms with Crippen LogP contribution in [0.4, 0.5) is 5.69 Å². The summed E-state index contributed by atoms with van der Waals surface area (Å²) in [6.45, 7) is 1.56. The fourth-order valence-corrected chi connectivity index (χ4v) is 2.98. The van der Waals surface area contributed by atoms with E-state index in [1.54, 1.807) is 31.2 Å². The number of hydrogen-bond acceptors (Lipinski definition) is 4. The summed E-state index contributed by atoms with van der Waals surface area (Å²) in [7, 11) is -3.35. The van der Waals surface area contributed by atoms with E-state index in [0.717, 1.165) is 6.26 Å². The van der Waals surface area contributed by atoms with Crippen molar-refractivity contribution in [1.29, 1.82) is 0 Å². The first-order chi connectivity index (χ1) is 11.2. The molecule has 0 aliphatic carbocycles. The van der Waals surface area contributed by atoms with E-state index in [1.807, 2.05) is 0 Å². The standard InChI is InChI=1S/C16H15Cl2NO4S/c1-10(23-15-7-6-11(17)8-14(15)18)16(20)19-12-4-3-5-13(9-12)24(2,21)22/h3-10H,1-2H3,(H,19,20). The second-order valence-electron chi connectivity index (χ2n) is 5.12. The molecule has 0 aromatic heterocycles. The summed E-state index contributed by atoms with van der Waals surface area (Å²) in [5.74, 6) is -0.111. The van der Waals surface area contributed by atoms with Gasteiger partial charge in [-0.25, -0.2) is 8.42 Å². The average molecular weight is 388 g/mol. The molecule has 0 heterocycles. The Hall–Kier alpha value is -1.76. The van der Waals surface area contributed by atoms with Crippen molar-refractivity contribution >= 4 is 44.6 Å². The van der Waals surface area contributed by atoms with Gasteiger partial charge in [0.25, 0.3) is 5.91 Å². The van der Waals surface area contributed by atoms with Crippen LogP contribution in [-0.4, -0.2) is 26.7 Å². The molecule has 0 aliphatic rings. The maximum atomic E-state index is 12.2. The maximum Gasteiger partial charge on any atom is 0.265 e. The zero-order valence-electron chi connectivity index (χ0n) is 12.9. The minimum Gasteiger partial charge on any atom is -0.479 e. The lowest BCUT2D eigenvalue weighted by Crippen LogP contribution is -2.30. The second-order valence-corrected chi connectivity index (χ2v) is 7.98. The highest BCUT2D eigenvalue weighted by molar-refractivity contribution is 7.90. The van der Waals surface area contributed by atoms with E-state index in [0.29, 0.717) is 21.5 Å². The summed E-state index contributed by atoms with van der Waals surface area (Å²) in [6.07, 6.45) is 0.257. The van der Waals surface area contributed by atoms with Crippen molar-refractivity contribution in [3.63, 3.8) is 0 Å². The van der Waals surface area contributed by atoms with Gasteiger partial charge in [-0.3, -0.25) is 4.79 Å². The molecule has 24 heavy (non-hydrogen) atoms. The predicted molar refractivity (Wildman–Crippen MR) is 94.7 cm³/mol. The van der Waals surface area contributed by atoms with Crippen LogP contribution in [0.1, 0.15) is 6.92 Å². The Morgan fingerprint density at radius 2 is 1.88 bits per heavy atom. The van der Waals surface area contributed by atoms with E-state index in [2.05, 4.69) is 5.32 Å².